The maximum atomic E-state index is 12.5. The molecule has 1 atom stereocenters. The quantitative estimate of drug-likeness (QED) is 0.647. The van der Waals surface area contributed by atoms with Gasteiger partial charge in [0.15, 0.2) is 0 Å². The highest BCUT2D eigenvalue weighted by molar-refractivity contribution is 7.92. The van der Waals surface area contributed by atoms with Crippen LogP contribution in [0.2, 0.25) is 0 Å². The van der Waals surface area contributed by atoms with E-state index in [1.165, 1.54) is 4.31 Å². The molecule has 2 saturated heterocycles. The van der Waals surface area contributed by atoms with Crippen LogP contribution in [0.3, 0.4) is 0 Å². The number of nitrogens with zero attached hydrogens (tertiary/aromatic N) is 1. The molecule has 0 aromatic heterocycles. The number of ether oxygens (including phenoxy) is 1. The second-order valence-electron chi connectivity index (χ2n) is 5.02. The minimum atomic E-state index is -3.53. The molecule has 0 spiro atoms. The second-order valence-corrected chi connectivity index (χ2v) is 10.0. The second kappa shape index (κ2) is 5.84. The zero-order valence-electron chi connectivity index (χ0n) is 10.9. The van der Waals surface area contributed by atoms with E-state index in [2.05, 4.69) is 0 Å². The van der Waals surface area contributed by atoms with Crippen molar-refractivity contribution in [3.63, 3.8) is 0 Å². The van der Waals surface area contributed by atoms with E-state index in [0.717, 1.165) is 0 Å². The van der Waals surface area contributed by atoms with Gasteiger partial charge in [-0.25, -0.2) is 16.8 Å². The Labute approximate surface area is 124 Å². The number of sulfone groups is 1. The molecule has 0 saturated carbocycles. The molecule has 0 amide bonds. The summed E-state index contributed by atoms with van der Waals surface area (Å²) < 4.78 is 54.4. The first-order valence-corrected chi connectivity index (χ1v) is 10.1. The van der Waals surface area contributed by atoms with Gasteiger partial charge in [0.1, 0.15) is 20.9 Å². The fraction of sp³-hybridized carbons (Fsp3) is 0.900. The van der Waals surface area contributed by atoms with E-state index in [9.17, 15) is 16.8 Å². The van der Waals surface area contributed by atoms with Crippen molar-refractivity contribution in [2.45, 2.75) is 24.2 Å². The van der Waals surface area contributed by atoms with Gasteiger partial charge in [-0.3, -0.25) is 0 Å². The lowest BCUT2D eigenvalue weighted by atomic mass is 10.2. The van der Waals surface area contributed by atoms with Crippen molar-refractivity contribution in [1.82, 2.24) is 4.31 Å². The first kappa shape index (κ1) is 16.1. The van der Waals surface area contributed by atoms with Gasteiger partial charge in [0.25, 0.3) is 0 Å². The summed E-state index contributed by atoms with van der Waals surface area (Å²) in [6.07, 6.45) is -0.264. The third kappa shape index (κ3) is 3.48. The Morgan fingerprint density at radius 1 is 1.30 bits per heavy atom. The molecule has 1 unspecified atom stereocenters. The lowest BCUT2D eigenvalue weighted by Crippen LogP contribution is -2.53. The van der Waals surface area contributed by atoms with Crippen molar-refractivity contribution in [1.29, 1.82) is 0 Å². The molecule has 2 rings (SSSR count). The molecule has 7 nitrogen and oxygen atoms in total. The normalized spacial score (nSPS) is 29.1. The molecule has 2 fully saturated rings. The van der Waals surface area contributed by atoms with E-state index in [0.29, 0.717) is 0 Å². The number of thiocarbonyl (C=S) groups is 1. The first-order chi connectivity index (χ1) is 9.22. The Morgan fingerprint density at radius 2 is 1.90 bits per heavy atom. The number of sulfonamides is 1. The lowest BCUT2D eigenvalue weighted by Gasteiger charge is -2.35. The Hall–Kier alpha value is -0.290. The lowest BCUT2D eigenvalue weighted by molar-refractivity contribution is 0.0382. The predicted octanol–water partition coefficient (Wildman–Crippen LogP) is -1.12. The van der Waals surface area contributed by atoms with Crippen LogP contribution in [0.1, 0.15) is 12.8 Å². The third-order valence-electron chi connectivity index (χ3n) is 3.63. The van der Waals surface area contributed by atoms with Gasteiger partial charge >= 0.3 is 0 Å². The number of nitrogens with two attached hydrogens (primary N) is 1. The Bertz CT molecular complexity index is 572. The van der Waals surface area contributed by atoms with E-state index < -0.39 is 31.2 Å². The van der Waals surface area contributed by atoms with E-state index in [4.69, 9.17) is 22.7 Å². The molecule has 20 heavy (non-hydrogen) atoms. The standard InChI is InChI=1S/C10H18N2O5S3/c11-10(18)9-7-12(3-4-17-9)20(15,16)8-1-5-19(13,14)6-2-8/h8-9H,1-7H2,(H2,11,18). The summed E-state index contributed by atoms with van der Waals surface area (Å²) in [5, 5.41) is -0.642. The average molecular weight is 342 g/mol. The number of hydrogen-bond acceptors (Lipinski definition) is 6. The molecule has 0 bridgehead atoms. The Morgan fingerprint density at radius 3 is 2.45 bits per heavy atom. The van der Waals surface area contributed by atoms with E-state index >= 15 is 0 Å². The molecule has 10 heteroatoms. The number of rotatable bonds is 3. The third-order valence-corrected chi connectivity index (χ3v) is 7.97. The number of morpholine rings is 1. The molecule has 2 aliphatic heterocycles. The summed E-state index contributed by atoms with van der Waals surface area (Å²) in [7, 11) is -6.61. The van der Waals surface area contributed by atoms with Gasteiger partial charge in [-0.05, 0) is 12.8 Å². The van der Waals surface area contributed by atoms with E-state index in [1.54, 1.807) is 0 Å². The van der Waals surface area contributed by atoms with Crippen LogP contribution in [0.25, 0.3) is 0 Å². The molecule has 116 valence electrons. The SMILES string of the molecule is NC(=S)C1CN(S(=O)(=O)C2CCS(=O)(=O)CC2)CCO1. The van der Waals surface area contributed by atoms with Crippen LogP contribution in [-0.4, -0.2) is 68.7 Å². The molecule has 0 aromatic carbocycles. The average Bonchev–Trinajstić information content (AvgIpc) is 2.38. The van der Waals surface area contributed by atoms with Crippen molar-refractivity contribution in [2.24, 2.45) is 5.73 Å². The van der Waals surface area contributed by atoms with Gasteiger partial charge in [0.2, 0.25) is 10.0 Å². The molecular weight excluding hydrogens is 324 g/mol. The van der Waals surface area contributed by atoms with Crippen LogP contribution in [0, 0.1) is 0 Å². The van der Waals surface area contributed by atoms with Crippen LogP contribution < -0.4 is 5.73 Å². The van der Waals surface area contributed by atoms with Crippen LogP contribution in [-0.2, 0) is 24.6 Å². The topological polar surface area (TPSA) is 107 Å². The maximum Gasteiger partial charge on any atom is 0.217 e. The van der Waals surface area contributed by atoms with Crippen molar-refractivity contribution >= 4 is 37.1 Å². The van der Waals surface area contributed by atoms with Crippen LogP contribution in [0.5, 0.6) is 0 Å². The van der Waals surface area contributed by atoms with Gasteiger partial charge in [-0.15, -0.1) is 0 Å². The number of hydrogen-bond donors (Lipinski definition) is 1. The van der Waals surface area contributed by atoms with Crippen molar-refractivity contribution in [3.8, 4) is 0 Å². The van der Waals surface area contributed by atoms with Crippen molar-refractivity contribution in [3.05, 3.63) is 0 Å². The molecule has 2 aliphatic rings. The fourth-order valence-corrected chi connectivity index (χ4v) is 6.26. The summed E-state index contributed by atoms with van der Waals surface area (Å²) in [6.45, 7) is 0.609. The minimum Gasteiger partial charge on any atom is -0.391 e. The highest BCUT2D eigenvalue weighted by Crippen LogP contribution is 2.24. The molecule has 0 aromatic rings. The van der Waals surface area contributed by atoms with Crippen molar-refractivity contribution < 1.29 is 21.6 Å². The van der Waals surface area contributed by atoms with E-state index in [-0.39, 0.29) is 49.0 Å². The van der Waals surface area contributed by atoms with E-state index in [1.807, 2.05) is 0 Å². The molecular formula is C10H18N2O5S3. The summed E-state index contributed by atoms with van der Waals surface area (Å²) in [4.78, 5) is 0.135. The van der Waals surface area contributed by atoms with Gasteiger partial charge in [0.05, 0.1) is 23.4 Å². The molecule has 0 radical (unpaired) electrons. The summed E-state index contributed by atoms with van der Waals surface area (Å²) in [5.74, 6) is -0.139. The van der Waals surface area contributed by atoms with Gasteiger partial charge in [0, 0.05) is 13.1 Å². The van der Waals surface area contributed by atoms with Crippen LogP contribution in [0.15, 0.2) is 0 Å². The zero-order valence-corrected chi connectivity index (χ0v) is 13.3. The first-order valence-electron chi connectivity index (χ1n) is 6.33. The fourth-order valence-electron chi connectivity index (χ4n) is 2.41. The monoisotopic (exact) mass is 342 g/mol. The predicted molar refractivity (Wildman–Crippen MR) is 78.7 cm³/mol. The molecule has 2 heterocycles. The summed E-state index contributed by atoms with van der Waals surface area (Å²) >= 11 is 4.83. The molecule has 0 aliphatic carbocycles. The largest absolute Gasteiger partial charge is 0.391 e. The highest BCUT2D eigenvalue weighted by Gasteiger charge is 2.39. The smallest absolute Gasteiger partial charge is 0.217 e. The van der Waals surface area contributed by atoms with Crippen LogP contribution >= 0.6 is 12.2 Å². The van der Waals surface area contributed by atoms with Crippen LogP contribution in [0.4, 0.5) is 0 Å². The summed E-state index contributed by atoms with van der Waals surface area (Å²) in [6, 6.07) is 0. The highest BCUT2D eigenvalue weighted by atomic mass is 32.2. The van der Waals surface area contributed by atoms with Gasteiger partial charge in [-0.2, -0.15) is 4.31 Å². The minimum absolute atomic E-state index is 0.0695. The van der Waals surface area contributed by atoms with Crippen molar-refractivity contribution in [2.75, 3.05) is 31.2 Å². The maximum absolute atomic E-state index is 12.5. The summed E-state index contributed by atoms with van der Waals surface area (Å²) in [5.41, 5.74) is 5.49. The zero-order chi connectivity index (χ0) is 15.0. The van der Waals surface area contributed by atoms with Gasteiger partial charge < -0.3 is 10.5 Å². The van der Waals surface area contributed by atoms with Gasteiger partial charge in [-0.1, -0.05) is 12.2 Å². The Balaban J connectivity index is 2.08. The Kier molecular flexibility index (Phi) is 4.69. The molecule has 2 N–H and O–H groups in total.